The van der Waals surface area contributed by atoms with E-state index >= 15 is 0 Å². The molecule has 3 N–H and O–H groups in total. The molecule has 7 heteroatoms. The average Bonchev–Trinajstić information content (AvgIpc) is 2.71. The number of hydrogen-bond acceptors (Lipinski definition) is 5. The van der Waals surface area contributed by atoms with Crippen LogP contribution in [0.15, 0.2) is 10.3 Å². The van der Waals surface area contributed by atoms with Crippen molar-refractivity contribution in [2.75, 3.05) is 20.1 Å². The number of rotatable bonds is 4. The van der Waals surface area contributed by atoms with E-state index in [0.717, 1.165) is 36.4 Å². The first kappa shape index (κ1) is 14.9. The Morgan fingerprint density at radius 1 is 1.58 bits per heavy atom. The minimum absolute atomic E-state index is 0.00693. The fraction of sp³-hybridized carbons (Fsp3) is 0.667. The average molecular weight is 303 g/mol. The first-order valence-electron chi connectivity index (χ1n) is 6.42. The molecule has 19 heavy (non-hydrogen) atoms. The minimum atomic E-state index is -3.41. The van der Waals surface area contributed by atoms with E-state index in [2.05, 4.69) is 9.62 Å². The van der Waals surface area contributed by atoms with Gasteiger partial charge in [-0.2, -0.15) is 0 Å². The second-order valence-electron chi connectivity index (χ2n) is 5.10. The molecule has 0 amide bonds. The number of piperidine rings is 1. The summed E-state index contributed by atoms with van der Waals surface area (Å²) >= 11 is 1.27. The number of nitrogens with zero attached hydrogens (tertiary/aromatic N) is 1. The summed E-state index contributed by atoms with van der Waals surface area (Å²) < 4.78 is 27.8. The number of nitrogens with one attached hydrogen (secondary N) is 1. The smallest absolute Gasteiger partial charge is 0.250 e. The Labute approximate surface area is 118 Å². The van der Waals surface area contributed by atoms with Gasteiger partial charge in [-0.05, 0) is 45.0 Å². The van der Waals surface area contributed by atoms with Crippen molar-refractivity contribution >= 4 is 21.4 Å². The van der Waals surface area contributed by atoms with Crippen LogP contribution < -0.4 is 10.5 Å². The summed E-state index contributed by atoms with van der Waals surface area (Å²) in [6.07, 6.45) is 1.93. The molecule has 2 heterocycles. The third kappa shape index (κ3) is 3.55. The van der Waals surface area contributed by atoms with Gasteiger partial charge in [0.15, 0.2) is 0 Å². The Bertz CT molecular complexity index is 539. The molecule has 1 aromatic rings. The lowest BCUT2D eigenvalue weighted by atomic mass is 10.1. The number of sulfonamides is 1. The van der Waals surface area contributed by atoms with E-state index in [4.69, 9.17) is 5.73 Å². The van der Waals surface area contributed by atoms with Gasteiger partial charge in [0, 0.05) is 24.0 Å². The lowest BCUT2D eigenvalue weighted by molar-refractivity contribution is 0.242. The molecule has 2 rings (SSSR count). The van der Waals surface area contributed by atoms with E-state index in [0.29, 0.717) is 10.8 Å². The second kappa shape index (κ2) is 5.88. The van der Waals surface area contributed by atoms with Crippen LogP contribution in [0.4, 0.5) is 0 Å². The van der Waals surface area contributed by atoms with Crippen LogP contribution in [-0.2, 0) is 16.6 Å². The van der Waals surface area contributed by atoms with Gasteiger partial charge in [-0.25, -0.2) is 13.1 Å². The quantitative estimate of drug-likeness (QED) is 0.866. The first-order valence-corrected chi connectivity index (χ1v) is 8.72. The Morgan fingerprint density at radius 2 is 2.32 bits per heavy atom. The van der Waals surface area contributed by atoms with Crippen molar-refractivity contribution in [1.82, 2.24) is 9.62 Å². The van der Waals surface area contributed by atoms with Crippen LogP contribution >= 0.6 is 11.3 Å². The molecule has 1 saturated heterocycles. The lowest BCUT2D eigenvalue weighted by Gasteiger charge is -2.29. The molecule has 1 fully saturated rings. The summed E-state index contributed by atoms with van der Waals surface area (Å²) in [6, 6.07) is 1.72. The summed E-state index contributed by atoms with van der Waals surface area (Å²) in [5, 5.41) is 0. The van der Waals surface area contributed by atoms with Crippen LogP contribution in [-0.4, -0.2) is 39.5 Å². The molecule has 0 aromatic carbocycles. The van der Waals surface area contributed by atoms with Gasteiger partial charge < -0.3 is 10.6 Å². The molecular weight excluding hydrogens is 282 g/mol. The van der Waals surface area contributed by atoms with Crippen LogP contribution in [0.2, 0.25) is 0 Å². The Kier molecular flexibility index (Phi) is 4.62. The number of thiophene rings is 1. The van der Waals surface area contributed by atoms with Gasteiger partial charge in [-0.3, -0.25) is 0 Å². The van der Waals surface area contributed by atoms with Gasteiger partial charge in [-0.15, -0.1) is 11.3 Å². The topological polar surface area (TPSA) is 75.4 Å². The molecule has 0 aliphatic carbocycles. The Balaban J connectivity index is 2.13. The highest BCUT2D eigenvalue weighted by Gasteiger charge is 2.25. The molecule has 108 valence electrons. The molecule has 0 saturated carbocycles. The summed E-state index contributed by atoms with van der Waals surface area (Å²) in [5.74, 6) is 0. The first-order chi connectivity index (χ1) is 8.92. The highest BCUT2D eigenvalue weighted by Crippen LogP contribution is 2.26. The van der Waals surface area contributed by atoms with Gasteiger partial charge >= 0.3 is 0 Å². The summed E-state index contributed by atoms with van der Waals surface area (Å²) in [5.41, 5.74) is 6.55. The molecule has 1 aromatic heterocycles. The highest BCUT2D eigenvalue weighted by atomic mass is 32.2. The van der Waals surface area contributed by atoms with Crippen molar-refractivity contribution in [1.29, 1.82) is 0 Å². The van der Waals surface area contributed by atoms with Crippen molar-refractivity contribution in [2.24, 2.45) is 5.73 Å². The largest absolute Gasteiger partial charge is 0.326 e. The third-order valence-electron chi connectivity index (χ3n) is 3.39. The molecule has 0 bridgehead atoms. The number of hydrogen-bond donors (Lipinski definition) is 2. The van der Waals surface area contributed by atoms with E-state index in [1.807, 2.05) is 14.0 Å². The zero-order chi connectivity index (χ0) is 14.0. The van der Waals surface area contributed by atoms with Crippen LogP contribution in [0.5, 0.6) is 0 Å². The predicted molar refractivity (Wildman–Crippen MR) is 77.8 cm³/mol. The highest BCUT2D eigenvalue weighted by molar-refractivity contribution is 7.91. The zero-order valence-electron chi connectivity index (χ0n) is 11.3. The van der Waals surface area contributed by atoms with Gasteiger partial charge in [0.05, 0.1) is 0 Å². The fourth-order valence-corrected chi connectivity index (χ4v) is 5.11. The van der Waals surface area contributed by atoms with Crippen LogP contribution in [0.3, 0.4) is 0 Å². The SMILES string of the molecule is Cc1cc(S(=O)(=O)NC2CCCN(C)C2)sc1CN. The fourth-order valence-electron chi connectivity index (χ4n) is 2.36. The molecule has 1 unspecified atom stereocenters. The summed E-state index contributed by atoms with van der Waals surface area (Å²) in [6.45, 7) is 4.09. The maximum atomic E-state index is 12.3. The van der Waals surface area contributed by atoms with Crippen molar-refractivity contribution in [2.45, 2.75) is 36.6 Å². The molecule has 1 aliphatic heterocycles. The zero-order valence-corrected chi connectivity index (χ0v) is 13.0. The van der Waals surface area contributed by atoms with Crippen molar-refractivity contribution in [3.63, 3.8) is 0 Å². The molecular formula is C12H21N3O2S2. The normalized spacial score (nSPS) is 21.7. The second-order valence-corrected chi connectivity index (χ2v) is 8.18. The number of aryl methyl sites for hydroxylation is 1. The number of likely N-dealkylation sites (tertiary alicyclic amines) is 1. The molecule has 1 atom stereocenters. The van der Waals surface area contributed by atoms with E-state index in [-0.39, 0.29) is 6.04 Å². The van der Waals surface area contributed by atoms with Gasteiger partial charge in [-0.1, -0.05) is 0 Å². The minimum Gasteiger partial charge on any atom is -0.326 e. The lowest BCUT2D eigenvalue weighted by Crippen LogP contribution is -2.46. The standard InChI is InChI=1S/C12H21N3O2S2/c1-9-6-12(18-11(9)7-13)19(16,17)14-10-4-3-5-15(2)8-10/h6,10,14H,3-5,7-8,13H2,1-2H3. The van der Waals surface area contributed by atoms with Crippen molar-refractivity contribution < 1.29 is 8.42 Å². The summed E-state index contributed by atoms with van der Waals surface area (Å²) in [4.78, 5) is 3.09. The van der Waals surface area contributed by atoms with E-state index in [1.54, 1.807) is 6.07 Å². The van der Waals surface area contributed by atoms with Crippen LogP contribution in [0.1, 0.15) is 23.3 Å². The predicted octanol–water partition coefficient (Wildman–Crippen LogP) is 0.888. The number of nitrogens with two attached hydrogens (primary N) is 1. The van der Waals surface area contributed by atoms with Gasteiger partial charge in [0.2, 0.25) is 10.0 Å². The van der Waals surface area contributed by atoms with Crippen molar-refractivity contribution in [3.05, 3.63) is 16.5 Å². The van der Waals surface area contributed by atoms with E-state index in [1.165, 1.54) is 11.3 Å². The van der Waals surface area contributed by atoms with Gasteiger partial charge in [0.1, 0.15) is 4.21 Å². The van der Waals surface area contributed by atoms with E-state index < -0.39 is 10.0 Å². The Hall–Kier alpha value is -0.470. The maximum Gasteiger partial charge on any atom is 0.250 e. The van der Waals surface area contributed by atoms with Crippen LogP contribution in [0, 0.1) is 6.92 Å². The molecule has 1 aliphatic rings. The molecule has 0 radical (unpaired) electrons. The van der Waals surface area contributed by atoms with Crippen LogP contribution in [0.25, 0.3) is 0 Å². The summed E-state index contributed by atoms with van der Waals surface area (Å²) in [7, 11) is -1.39. The van der Waals surface area contributed by atoms with E-state index in [9.17, 15) is 8.42 Å². The molecule has 5 nitrogen and oxygen atoms in total. The Morgan fingerprint density at radius 3 is 2.89 bits per heavy atom. The monoisotopic (exact) mass is 303 g/mol. The maximum absolute atomic E-state index is 12.3. The number of likely N-dealkylation sites (N-methyl/N-ethyl adjacent to an activating group) is 1. The third-order valence-corrected chi connectivity index (χ3v) is 6.65. The molecule has 0 spiro atoms. The van der Waals surface area contributed by atoms with Crippen molar-refractivity contribution in [3.8, 4) is 0 Å². The van der Waals surface area contributed by atoms with Gasteiger partial charge in [0.25, 0.3) is 0 Å².